The van der Waals surface area contributed by atoms with Gasteiger partial charge in [-0.15, -0.1) is 0 Å². The number of hydrogen-bond acceptors (Lipinski definition) is 1. The number of hydrogen-bond donors (Lipinski definition) is 1. The molecular weight excluding hydrogens is 194 g/mol. The van der Waals surface area contributed by atoms with Crippen molar-refractivity contribution in [1.29, 1.82) is 0 Å². The normalized spacial score (nSPS) is 37.3. The van der Waals surface area contributed by atoms with E-state index in [1.165, 1.54) is 32.2 Å². The van der Waals surface area contributed by atoms with Gasteiger partial charge in [-0.3, -0.25) is 0 Å². The average Bonchev–Trinajstić information content (AvgIpc) is 2.58. The largest absolute Gasteiger partial charge is 0.313 e. The van der Waals surface area contributed by atoms with Gasteiger partial charge >= 0.3 is 0 Å². The van der Waals surface area contributed by atoms with E-state index in [0.29, 0.717) is 10.8 Å². The maximum atomic E-state index is 3.82. The first-order chi connectivity index (χ1) is 7.35. The molecule has 0 spiro atoms. The lowest BCUT2D eigenvalue weighted by Crippen LogP contribution is -2.30. The zero-order valence-electron chi connectivity index (χ0n) is 11.8. The molecule has 0 bridgehead atoms. The van der Waals surface area contributed by atoms with Gasteiger partial charge in [0.25, 0.3) is 0 Å². The Labute approximate surface area is 101 Å². The minimum absolute atomic E-state index is 0.495. The molecule has 0 heterocycles. The molecular formula is C15H29N. The van der Waals surface area contributed by atoms with Crippen LogP contribution in [0.1, 0.15) is 60.3 Å². The van der Waals surface area contributed by atoms with Crippen molar-refractivity contribution >= 4 is 0 Å². The fourth-order valence-electron chi connectivity index (χ4n) is 3.52. The van der Waals surface area contributed by atoms with Gasteiger partial charge in [-0.1, -0.05) is 47.5 Å². The van der Waals surface area contributed by atoms with E-state index in [2.05, 4.69) is 39.9 Å². The topological polar surface area (TPSA) is 12.0 Å². The second-order valence-electron chi connectivity index (χ2n) is 7.41. The van der Waals surface area contributed by atoms with Crippen molar-refractivity contribution in [2.24, 2.45) is 22.7 Å². The highest BCUT2D eigenvalue weighted by molar-refractivity contribution is 5.17. The molecule has 0 aliphatic heterocycles. The van der Waals surface area contributed by atoms with Crippen LogP contribution in [0, 0.1) is 22.7 Å². The van der Waals surface area contributed by atoms with Crippen LogP contribution in [0.2, 0.25) is 0 Å². The first-order valence-corrected chi connectivity index (χ1v) is 7.09. The molecule has 0 unspecified atom stereocenters. The molecule has 2 aliphatic rings. The van der Waals surface area contributed by atoms with Gasteiger partial charge in [0.1, 0.15) is 0 Å². The van der Waals surface area contributed by atoms with Gasteiger partial charge in [-0.05, 0) is 42.1 Å². The van der Waals surface area contributed by atoms with Crippen LogP contribution in [0.5, 0.6) is 0 Å². The lowest BCUT2D eigenvalue weighted by atomic mass is 9.83. The summed E-state index contributed by atoms with van der Waals surface area (Å²) in [5, 5.41) is 3.82. The van der Waals surface area contributed by atoms with Crippen LogP contribution >= 0.6 is 0 Å². The predicted molar refractivity (Wildman–Crippen MR) is 70.5 cm³/mol. The highest BCUT2D eigenvalue weighted by atomic mass is 15.0. The Morgan fingerprint density at radius 2 is 1.44 bits per heavy atom. The van der Waals surface area contributed by atoms with E-state index in [-0.39, 0.29) is 0 Å². The summed E-state index contributed by atoms with van der Waals surface area (Å²) in [5.41, 5.74) is 0.990. The van der Waals surface area contributed by atoms with Crippen molar-refractivity contribution in [3.63, 3.8) is 0 Å². The highest BCUT2D eigenvalue weighted by Crippen LogP contribution is 2.62. The van der Waals surface area contributed by atoms with Crippen molar-refractivity contribution < 1.29 is 0 Å². The van der Waals surface area contributed by atoms with Crippen LogP contribution in [-0.4, -0.2) is 12.6 Å². The summed E-state index contributed by atoms with van der Waals surface area (Å²) >= 11 is 0. The van der Waals surface area contributed by atoms with E-state index in [9.17, 15) is 0 Å². The molecule has 0 saturated heterocycles. The fraction of sp³-hybridized carbons (Fsp3) is 1.00. The lowest BCUT2D eigenvalue weighted by Gasteiger charge is -2.26. The molecule has 0 amide bonds. The molecule has 16 heavy (non-hydrogen) atoms. The second-order valence-corrected chi connectivity index (χ2v) is 7.41. The van der Waals surface area contributed by atoms with Crippen LogP contribution in [0.4, 0.5) is 0 Å². The zero-order valence-corrected chi connectivity index (χ0v) is 11.8. The highest BCUT2D eigenvalue weighted by Gasteiger charge is 2.64. The van der Waals surface area contributed by atoms with Gasteiger partial charge in [-0.2, -0.15) is 0 Å². The number of nitrogens with one attached hydrogen (secondary N) is 1. The Morgan fingerprint density at radius 3 is 1.88 bits per heavy atom. The Bertz CT molecular complexity index is 232. The summed E-state index contributed by atoms with van der Waals surface area (Å²) in [6, 6.07) is 0.736. The van der Waals surface area contributed by atoms with Gasteiger partial charge in [-0.25, -0.2) is 0 Å². The Balaban J connectivity index is 1.73. The smallest absolute Gasteiger partial charge is 0.0181 e. The van der Waals surface area contributed by atoms with Crippen LogP contribution in [0.15, 0.2) is 0 Å². The third kappa shape index (κ3) is 2.03. The van der Waals surface area contributed by atoms with E-state index in [0.717, 1.165) is 17.9 Å². The molecule has 0 aromatic rings. The summed E-state index contributed by atoms with van der Waals surface area (Å²) in [7, 11) is 0. The Morgan fingerprint density at radius 1 is 0.938 bits per heavy atom. The SMILES string of the molecule is CC1CCC(CNC2C(C)(C)C2(C)C)CC1. The van der Waals surface area contributed by atoms with Crippen molar-refractivity contribution in [2.45, 2.75) is 66.3 Å². The molecule has 1 heteroatoms. The molecule has 0 aromatic carbocycles. The molecule has 1 N–H and O–H groups in total. The monoisotopic (exact) mass is 223 g/mol. The summed E-state index contributed by atoms with van der Waals surface area (Å²) in [6.45, 7) is 13.2. The van der Waals surface area contributed by atoms with Crippen LogP contribution in [-0.2, 0) is 0 Å². The van der Waals surface area contributed by atoms with E-state index in [4.69, 9.17) is 0 Å². The van der Waals surface area contributed by atoms with E-state index in [1.54, 1.807) is 0 Å². The quantitative estimate of drug-likeness (QED) is 0.766. The van der Waals surface area contributed by atoms with Crippen molar-refractivity contribution in [1.82, 2.24) is 5.32 Å². The van der Waals surface area contributed by atoms with Gasteiger partial charge < -0.3 is 5.32 Å². The molecule has 94 valence electrons. The Hall–Kier alpha value is -0.0400. The third-order valence-corrected chi connectivity index (χ3v) is 5.77. The van der Waals surface area contributed by atoms with Crippen molar-refractivity contribution in [3.05, 3.63) is 0 Å². The molecule has 0 aromatic heterocycles. The van der Waals surface area contributed by atoms with Gasteiger partial charge in [0.05, 0.1) is 0 Å². The van der Waals surface area contributed by atoms with Crippen LogP contribution in [0.3, 0.4) is 0 Å². The predicted octanol–water partition coefficient (Wildman–Crippen LogP) is 3.84. The third-order valence-electron chi connectivity index (χ3n) is 5.77. The number of rotatable bonds is 3. The van der Waals surface area contributed by atoms with Crippen LogP contribution < -0.4 is 5.32 Å². The summed E-state index contributed by atoms with van der Waals surface area (Å²) in [5.74, 6) is 1.92. The van der Waals surface area contributed by atoms with Gasteiger partial charge in [0.15, 0.2) is 0 Å². The first-order valence-electron chi connectivity index (χ1n) is 7.09. The average molecular weight is 223 g/mol. The van der Waals surface area contributed by atoms with Crippen molar-refractivity contribution in [2.75, 3.05) is 6.54 Å². The van der Waals surface area contributed by atoms with E-state index >= 15 is 0 Å². The fourth-order valence-corrected chi connectivity index (χ4v) is 3.52. The standard InChI is InChI=1S/C15H29N/c1-11-6-8-12(9-7-11)10-16-13-14(2,3)15(13,4)5/h11-13,16H,6-10H2,1-5H3. The summed E-state index contributed by atoms with van der Waals surface area (Å²) < 4.78 is 0. The first kappa shape index (κ1) is 12.4. The van der Waals surface area contributed by atoms with Crippen LogP contribution in [0.25, 0.3) is 0 Å². The van der Waals surface area contributed by atoms with Crippen molar-refractivity contribution in [3.8, 4) is 0 Å². The molecule has 1 nitrogen and oxygen atoms in total. The summed E-state index contributed by atoms with van der Waals surface area (Å²) in [6.07, 6.45) is 5.79. The molecule has 2 rings (SSSR count). The van der Waals surface area contributed by atoms with E-state index < -0.39 is 0 Å². The lowest BCUT2D eigenvalue weighted by molar-refractivity contribution is 0.277. The maximum absolute atomic E-state index is 3.82. The maximum Gasteiger partial charge on any atom is 0.0181 e. The minimum atomic E-state index is 0.495. The van der Waals surface area contributed by atoms with E-state index in [1.807, 2.05) is 0 Å². The van der Waals surface area contributed by atoms with Gasteiger partial charge in [0.2, 0.25) is 0 Å². The molecule has 2 aliphatic carbocycles. The summed E-state index contributed by atoms with van der Waals surface area (Å²) in [4.78, 5) is 0. The molecule has 2 fully saturated rings. The molecule has 0 radical (unpaired) electrons. The van der Waals surface area contributed by atoms with Gasteiger partial charge in [0, 0.05) is 6.04 Å². The second kappa shape index (κ2) is 4.01. The minimum Gasteiger partial charge on any atom is -0.313 e. The zero-order chi connectivity index (χ0) is 12.0. The molecule has 2 saturated carbocycles. The molecule has 0 atom stereocenters. The Kier molecular flexibility index (Phi) is 3.11.